The van der Waals surface area contributed by atoms with Crippen LogP contribution in [-0.4, -0.2) is 42.1 Å². The number of carbonyl (C=O) groups excluding carboxylic acids is 1. The highest BCUT2D eigenvalue weighted by Gasteiger charge is 2.35. The van der Waals surface area contributed by atoms with Crippen LogP contribution in [0.1, 0.15) is 50.9 Å². The minimum Gasteiger partial charge on any atom is -0.496 e. The largest absolute Gasteiger partial charge is 0.496 e. The van der Waals surface area contributed by atoms with Crippen molar-refractivity contribution in [1.29, 1.82) is 0 Å². The van der Waals surface area contributed by atoms with Crippen LogP contribution in [0.5, 0.6) is 5.75 Å². The maximum atomic E-state index is 12.6. The second-order valence-electron chi connectivity index (χ2n) is 7.37. The fraction of sp³-hybridized carbons (Fsp3) is 0.611. The van der Waals surface area contributed by atoms with Gasteiger partial charge < -0.3 is 10.1 Å². The lowest BCUT2D eigenvalue weighted by Crippen LogP contribution is -2.56. The van der Waals surface area contributed by atoms with Crippen molar-refractivity contribution in [2.75, 3.05) is 20.2 Å². The normalized spacial score (nSPS) is 18.8. The van der Waals surface area contributed by atoms with Crippen LogP contribution in [0.25, 0.3) is 0 Å². The zero-order valence-electron chi connectivity index (χ0n) is 14.4. The molecular formula is C18H28N2O2. The Morgan fingerprint density at radius 2 is 1.82 bits per heavy atom. The Bertz CT molecular complexity index is 526. The number of hydrogen-bond acceptors (Lipinski definition) is 3. The molecule has 0 radical (unpaired) electrons. The summed E-state index contributed by atoms with van der Waals surface area (Å²) in [5, 5.41) is 3.21. The smallest absolute Gasteiger partial charge is 0.255 e. The minimum atomic E-state index is -0.153. The predicted octanol–water partition coefficient (Wildman–Crippen LogP) is 3.08. The van der Waals surface area contributed by atoms with E-state index >= 15 is 0 Å². The molecule has 1 aliphatic rings. The van der Waals surface area contributed by atoms with Gasteiger partial charge in [-0.1, -0.05) is 12.1 Å². The third-order valence-corrected chi connectivity index (χ3v) is 4.58. The number of nitrogens with one attached hydrogen (secondary N) is 1. The van der Waals surface area contributed by atoms with E-state index in [1.807, 2.05) is 24.3 Å². The van der Waals surface area contributed by atoms with E-state index in [4.69, 9.17) is 4.74 Å². The first-order valence-corrected chi connectivity index (χ1v) is 7.96. The zero-order valence-corrected chi connectivity index (χ0v) is 14.4. The van der Waals surface area contributed by atoms with Gasteiger partial charge in [0.05, 0.1) is 12.7 Å². The maximum absolute atomic E-state index is 12.6. The molecule has 0 bridgehead atoms. The summed E-state index contributed by atoms with van der Waals surface area (Å²) >= 11 is 0. The number of methoxy groups -OCH3 is 1. The van der Waals surface area contributed by atoms with E-state index in [-0.39, 0.29) is 17.0 Å². The molecule has 1 aromatic rings. The van der Waals surface area contributed by atoms with Gasteiger partial charge in [-0.05, 0) is 52.7 Å². The number of rotatable bonds is 3. The SMILES string of the molecule is COc1ccccc1C(=O)NC1(C)CCN(C(C)(C)C)CC1. The summed E-state index contributed by atoms with van der Waals surface area (Å²) in [7, 11) is 1.59. The van der Waals surface area contributed by atoms with Crippen LogP contribution in [0, 0.1) is 0 Å². The molecule has 1 fully saturated rings. The second kappa shape index (κ2) is 6.29. The van der Waals surface area contributed by atoms with Gasteiger partial charge in [-0.25, -0.2) is 0 Å². The molecular weight excluding hydrogens is 276 g/mol. The molecule has 1 N–H and O–H groups in total. The fourth-order valence-corrected chi connectivity index (χ4v) is 2.97. The molecule has 2 rings (SSSR count). The van der Waals surface area contributed by atoms with Crippen LogP contribution in [-0.2, 0) is 0 Å². The number of ether oxygens (including phenoxy) is 1. The van der Waals surface area contributed by atoms with E-state index < -0.39 is 0 Å². The Kier molecular flexibility index (Phi) is 4.81. The van der Waals surface area contributed by atoms with E-state index in [0.29, 0.717) is 11.3 Å². The van der Waals surface area contributed by atoms with Crippen molar-refractivity contribution >= 4 is 5.91 Å². The summed E-state index contributed by atoms with van der Waals surface area (Å²) in [5.74, 6) is 0.569. The first kappa shape index (κ1) is 16.8. The van der Waals surface area contributed by atoms with E-state index in [0.717, 1.165) is 25.9 Å². The first-order valence-electron chi connectivity index (χ1n) is 7.96. The standard InChI is InChI=1S/C18H28N2O2/c1-17(2,3)20-12-10-18(4,11-13-20)19-16(21)14-8-6-7-9-15(14)22-5/h6-9H,10-13H2,1-5H3,(H,19,21). The Morgan fingerprint density at radius 1 is 1.23 bits per heavy atom. The number of nitrogens with zero attached hydrogens (tertiary/aromatic N) is 1. The topological polar surface area (TPSA) is 41.6 Å². The highest BCUT2D eigenvalue weighted by atomic mass is 16.5. The summed E-state index contributed by atoms with van der Waals surface area (Å²) in [6, 6.07) is 7.36. The van der Waals surface area contributed by atoms with Gasteiger partial charge in [-0.15, -0.1) is 0 Å². The number of benzene rings is 1. The number of carbonyl (C=O) groups is 1. The molecule has 1 aliphatic heterocycles. The molecule has 0 aliphatic carbocycles. The zero-order chi connectivity index (χ0) is 16.4. The van der Waals surface area contributed by atoms with Gasteiger partial charge in [0.1, 0.15) is 5.75 Å². The van der Waals surface area contributed by atoms with Crippen molar-refractivity contribution in [1.82, 2.24) is 10.2 Å². The average Bonchev–Trinajstić information content (AvgIpc) is 2.46. The molecule has 22 heavy (non-hydrogen) atoms. The molecule has 1 heterocycles. The monoisotopic (exact) mass is 304 g/mol. The van der Waals surface area contributed by atoms with Gasteiger partial charge in [-0.3, -0.25) is 9.69 Å². The fourth-order valence-electron chi connectivity index (χ4n) is 2.97. The number of likely N-dealkylation sites (tertiary alicyclic amines) is 1. The molecule has 122 valence electrons. The predicted molar refractivity (Wildman–Crippen MR) is 89.4 cm³/mol. The summed E-state index contributed by atoms with van der Waals surface area (Å²) in [6.45, 7) is 10.9. The Hall–Kier alpha value is -1.55. The highest BCUT2D eigenvalue weighted by molar-refractivity contribution is 5.97. The Labute approximate surface area is 133 Å². The summed E-state index contributed by atoms with van der Waals surface area (Å²) in [4.78, 5) is 15.0. The molecule has 0 spiro atoms. The second-order valence-corrected chi connectivity index (χ2v) is 7.37. The first-order chi connectivity index (χ1) is 10.2. The van der Waals surface area contributed by atoms with Gasteiger partial charge in [0.25, 0.3) is 5.91 Å². The van der Waals surface area contributed by atoms with Gasteiger partial charge >= 0.3 is 0 Å². The maximum Gasteiger partial charge on any atom is 0.255 e. The number of piperidine rings is 1. The van der Waals surface area contributed by atoms with Crippen molar-refractivity contribution in [3.8, 4) is 5.75 Å². The lowest BCUT2D eigenvalue weighted by Gasteiger charge is -2.45. The molecule has 1 amide bonds. The summed E-state index contributed by atoms with van der Waals surface area (Å²) in [5.41, 5.74) is 0.637. The van der Waals surface area contributed by atoms with Crippen molar-refractivity contribution in [2.45, 2.75) is 51.6 Å². The van der Waals surface area contributed by atoms with Crippen molar-refractivity contribution < 1.29 is 9.53 Å². The number of para-hydroxylation sites is 1. The van der Waals surface area contributed by atoms with Crippen molar-refractivity contribution in [2.24, 2.45) is 0 Å². The molecule has 0 aromatic heterocycles. The molecule has 0 atom stereocenters. The van der Waals surface area contributed by atoms with Gasteiger partial charge in [0, 0.05) is 24.2 Å². The molecule has 1 saturated heterocycles. The summed E-state index contributed by atoms with van der Waals surface area (Å²) in [6.07, 6.45) is 1.93. The third-order valence-electron chi connectivity index (χ3n) is 4.58. The molecule has 1 aromatic carbocycles. The van der Waals surface area contributed by atoms with E-state index in [1.54, 1.807) is 7.11 Å². The molecule has 4 heteroatoms. The highest BCUT2D eigenvalue weighted by Crippen LogP contribution is 2.27. The lowest BCUT2D eigenvalue weighted by molar-refractivity contribution is 0.0613. The van der Waals surface area contributed by atoms with Gasteiger partial charge in [-0.2, -0.15) is 0 Å². The van der Waals surface area contributed by atoms with Crippen LogP contribution < -0.4 is 10.1 Å². The summed E-state index contributed by atoms with van der Waals surface area (Å²) < 4.78 is 5.28. The van der Waals surface area contributed by atoms with Crippen LogP contribution in [0.15, 0.2) is 24.3 Å². The quantitative estimate of drug-likeness (QED) is 0.933. The van der Waals surface area contributed by atoms with Crippen LogP contribution in [0.2, 0.25) is 0 Å². The van der Waals surface area contributed by atoms with Gasteiger partial charge in [0.2, 0.25) is 0 Å². The van der Waals surface area contributed by atoms with Crippen LogP contribution in [0.3, 0.4) is 0 Å². The third kappa shape index (κ3) is 3.80. The van der Waals surface area contributed by atoms with Crippen molar-refractivity contribution in [3.63, 3.8) is 0 Å². The Morgan fingerprint density at radius 3 is 2.36 bits per heavy atom. The molecule has 0 saturated carbocycles. The average molecular weight is 304 g/mol. The number of amides is 1. The van der Waals surface area contributed by atoms with Crippen LogP contribution in [0.4, 0.5) is 0 Å². The van der Waals surface area contributed by atoms with Crippen molar-refractivity contribution in [3.05, 3.63) is 29.8 Å². The van der Waals surface area contributed by atoms with Crippen LogP contribution >= 0.6 is 0 Å². The molecule has 0 unspecified atom stereocenters. The van der Waals surface area contributed by atoms with E-state index in [1.165, 1.54) is 0 Å². The minimum absolute atomic E-state index is 0.0517. The van der Waals surface area contributed by atoms with E-state index in [9.17, 15) is 4.79 Å². The number of hydrogen-bond donors (Lipinski definition) is 1. The molecule has 4 nitrogen and oxygen atoms in total. The lowest BCUT2D eigenvalue weighted by atomic mass is 9.87. The van der Waals surface area contributed by atoms with Gasteiger partial charge in [0.15, 0.2) is 0 Å². The van der Waals surface area contributed by atoms with E-state index in [2.05, 4.69) is 37.9 Å². The Balaban J connectivity index is 2.03.